The fourth-order valence-corrected chi connectivity index (χ4v) is 0.792. The number of carboxylic acid groups (broad SMARTS) is 1. The number of rotatable bonds is 1. The molecule has 4 N–H and O–H groups in total. The number of carboxylic acids is 1. The number of anilines is 1. The number of hydrogen-bond donors (Lipinski definition) is 3. The molecular weight excluding hydrogens is 184 g/mol. The second kappa shape index (κ2) is 2.89. The largest absolute Gasteiger partial charge is 0.503 e. The van der Waals surface area contributed by atoms with Gasteiger partial charge in [0.2, 0.25) is 5.82 Å². The second-order valence-electron chi connectivity index (χ2n) is 2.30. The van der Waals surface area contributed by atoms with Gasteiger partial charge in [-0.05, 0) is 6.07 Å². The van der Waals surface area contributed by atoms with E-state index in [-0.39, 0.29) is 0 Å². The summed E-state index contributed by atoms with van der Waals surface area (Å²) in [5.41, 5.74) is 3.58. The lowest BCUT2D eigenvalue weighted by Gasteiger charge is -2.03. The maximum atomic E-state index is 12.7. The van der Waals surface area contributed by atoms with E-state index in [2.05, 4.69) is 0 Å². The summed E-state index contributed by atoms with van der Waals surface area (Å²) in [7, 11) is 0. The smallest absolute Gasteiger partial charge is 0.338 e. The van der Waals surface area contributed by atoms with E-state index in [1.54, 1.807) is 0 Å². The zero-order chi connectivity index (χ0) is 10.2. The summed E-state index contributed by atoms with van der Waals surface area (Å²) in [5.74, 6) is -6.01. The first-order valence-electron chi connectivity index (χ1n) is 3.15. The summed E-state index contributed by atoms with van der Waals surface area (Å²) < 4.78 is 25.4. The van der Waals surface area contributed by atoms with Gasteiger partial charge in [0.15, 0.2) is 11.6 Å². The summed E-state index contributed by atoms with van der Waals surface area (Å²) in [6.07, 6.45) is 0. The molecule has 0 bridgehead atoms. The van der Waals surface area contributed by atoms with E-state index in [9.17, 15) is 13.6 Å². The number of hydrogen-bond acceptors (Lipinski definition) is 3. The Kier molecular flexibility index (Phi) is 2.05. The van der Waals surface area contributed by atoms with E-state index in [0.29, 0.717) is 6.07 Å². The average Bonchev–Trinajstić information content (AvgIpc) is 2.07. The number of halogens is 2. The van der Waals surface area contributed by atoms with Crippen LogP contribution in [-0.2, 0) is 0 Å². The first-order valence-corrected chi connectivity index (χ1v) is 3.15. The zero-order valence-corrected chi connectivity index (χ0v) is 6.21. The van der Waals surface area contributed by atoms with Crippen LogP contribution in [0, 0.1) is 11.6 Å². The van der Waals surface area contributed by atoms with Crippen molar-refractivity contribution in [2.75, 3.05) is 5.73 Å². The lowest BCUT2D eigenvalue weighted by molar-refractivity contribution is 0.0690. The zero-order valence-electron chi connectivity index (χ0n) is 6.21. The van der Waals surface area contributed by atoms with Gasteiger partial charge in [-0.15, -0.1) is 0 Å². The molecule has 70 valence electrons. The Morgan fingerprint density at radius 1 is 1.38 bits per heavy atom. The maximum absolute atomic E-state index is 12.7. The molecule has 1 aromatic carbocycles. The van der Waals surface area contributed by atoms with Crippen LogP contribution < -0.4 is 5.73 Å². The quantitative estimate of drug-likeness (QED) is 0.453. The van der Waals surface area contributed by atoms with Gasteiger partial charge < -0.3 is 15.9 Å². The van der Waals surface area contributed by atoms with E-state index in [1.165, 1.54) is 0 Å². The Bertz CT molecular complexity index is 378. The predicted molar refractivity (Wildman–Crippen MR) is 39.4 cm³/mol. The minimum Gasteiger partial charge on any atom is -0.503 e. The molecular formula is C7H5F2NO3. The summed E-state index contributed by atoms with van der Waals surface area (Å²) in [4.78, 5) is 10.3. The van der Waals surface area contributed by atoms with E-state index in [4.69, 9.17) is 15.9 Å². The molecule has 13 heavy (non-hydrogen) atoms. The van der Waals surface area contributed by atoms with Gasteiger partial charge in [0.25, 0.3) is 0 Å². The predicted octanol–water partition coefficient (Wildman–Crippen LogP) is 0.951. The molecule has 0 spiro atoms. The molecule has 1 rings (SSSR count). The van der Waals surface area contributed by atoms with Crippen LogP contribution in [-0.4, -0.2) is 16.2 Å². The highest BCUT2D eigenvalue weighted by Gasteiger charge is 2.20. The fraction of sp³-hybridized carbons (Fsp3) is 0. The lowest BCUT2D eigenvalue weighted by Crippen LogP contribution is -2.05. The van der Waals surface area contributed by atoms with Gasteiger partial charge in [0, 0.05) is 0 Å². The van der Waals surface area contributed by atoms with E-state index >= 15 is 0 Å². The molecule has 0 saturated carbocycles. The molecule has 0 saturated heterocycles. The van der Waals surface area contributed by atoms with Crippen molar-refractivity contribution >= 4 is 11.7 Å². The van der Waals surface area contributed by atoms with Gasteiger partial charge in [-0.25, -0.2) is 9.18 Å². The molecule has 4 nitrogen and oxygen atoms in total. The fourth-order valence-electron chi connectivity index (χ4n) is 0.792. The molecule has 0 aliphatic carbocycles. The Morgan fingerprint density at radius 3 is 2.38 bits per heavy atom. The van der Waals surface area contributed by atoms with Crippen LogP contribution in [0.25, 0.3) is 0 Å². The van der Waals surface area contributed by atoms with Gasteiger partial charge in [-0.2, -0.15) is 4.39 Å². The Balaban J connectivity index is 3.50. The SMILES string of the molecule is Nc1cc(C(=O)O)c(F)c(F)c1O. The molecule has 0 fully saturated rings. The van der Waals surface area contributed by atoms with Crippen LogP contribution in [0.3, 0.4) is 0 Å². The van der Waals surface area contributed by atoms with E-state index < -0.39 is 34.6 Å². The number of nitrogen functional groups attached to an aromatic ring is 1. The number of phenolic OH excluding ortho intramolecular Hbond substituents is 1. The summed E-state index contributed by atoms with van der Waals surface area (Å²) in [6, 6.07) is 0.649. The topological polar surface area (TPSA) is 83.6 Å². The number of nitrogens with two attached hydrogens (primary N) is 1. The van der Waals surface area contributed by atoms with Crippen molar-refractivity contribution in [3.05, 3.63) is 23.3 Å². The van der Waals surface area contributed by atoms with Crippen LogP contribution >= 0.6 is 0 Å². The van der Waals surface area contributed by atoms with Crippen molar-refractivity contribution in [2.45, 2.75) is 0 Å². The van der Waals surface area contributed by atoms with Crippen molar-refractivity contribution < 1.29 is 23.8 Å². The highest BCUT2D eigenvalue weighted by atomic mass is 19.2. The highest BCUT2D eigenvalue weighted by molar-refractivity contribution is 5.89. The number of benzene rings is 1. The van der Waals surface area contributed by atoms with Gasteiger partial charge in [0.05, 0.1) is 5.69 Å². The van der Waals surface area contributed by atoms with E-state index in [1.807, 2.05) is 0 Å². The van der Waals surface area contributed by atoms with E-state index in [0.717, 1.165) is 0 Å². The summed E-state index contributed by atoms with van der Waals surface area (Å²) in [5, 5.41) is 17.1. The van der Waals surface area contributed by atoms with Crippen molar-refractivity contribution in [2.24, 2.45) is 0 Å². The van der Waals surface area contributed by atoms with Gasteiger partial charge >= 0.3 is 5.97 Å². The first kappa shape index (κ1) is 9.24. The first-order chi connectivity index (χ1) is 5.95. The standard InChI is InChI=1S/C7H5F2NO3/c8-4-2(7(12)13)1-3(10)6(11)5(4)9/h1,11H,10H2,(H,12,13). The molecule has 1 aromatic rings. The lowest BCUT2D eigenvalue weighted by atomic mass is 10.1. The van der Waals surface area contributed by atoms with Gasteiger partial charge in [-0.3, -0.25) is 0 Å². The summed E-state index contributed by atoms with van der Waals surface area (Å²) >= 11 is 0. The third-order valence-electron chi connectivity index (χ3n) is 1.44. The monoisotopic (exact) mass is 189 g/mol. The maximum Gasteiger partial charge on any atom is 0.338 e. The molecule has 0 heterocycles. The number of aromatic hydroxyl groups is 1. The minimum absolute atomic E-state index is 0.517. The Labute approximate surface area is 71.2 Å². The third kappa shape index (κ3) is 1.37. The Morgan fingerprint density at radius 2 is 1.92 bits per heavy atom. The van der Waals surface area contributed by atoms with Crippen molar-refractivity contribution in [1.29, 1.82) is 0 Å². The molecule has 0 unspecified atom stereocenters. The van der Waals surface area contributed by atoms with Gasteiger partial charge in [0.1, 0.15) is 5.56 Å². The molecule has 0 aromatic heterocycles. The van der Waals surface area contributed by atoms with Crippen LogP contribution in [0.5, 0.6) is 5.75 Å². The third-order valence-corrected chi connectivity index (χ3v) is 1.44. The van der Waals surface area contributed by atoms with Crippen LogP contribution in [0.2, 0.25) is 0 Å². The van der Waals surface area contributed by atoms with Crippen LogP contribution in [0.15, 0.2) is 6.07 Å². The van der Waals surface area contributed by atoms with Crippen molar-refractivity contribution in [1.82, 2.24) is 0 Å². The number of aromatic carboxylic acids is 1. The van der Waals surface area contributed by atoms with Crippen molar-refractivity contribution in [3.8, 4) is 5.75 Å². The summed E-state index contributed by atoms with van der Waals surface area (Å²) in [6.45, 7) is 0. The normalized spacial score (nSPS) is 10.0. The van der Waals surface area contributed by atoms with Crippen molar-refractivity contribution in [3.63, 3.8) is 0 Å². The molecule has 0 radical (unpaired) electrons. The average molecular weight is 189 g/mol. The number of phenols is 1. The highest BCUT2D eigenvalue weighted by Crippen LogP contribution is 2.28. The van der Waals surface area contributed by atoms with Crippen LogP contribution in [0.1, 0.15) is 10.4 Å². The molecule has 0 atom stereocenters. The molecule has 0 aliphatic rings. The number of carbonyl (C=O) groups is 1. The minimum atomic E-state index is -1.66. The van der Waals surface area contributed by atoms with Crippen LogP contribution in [0.4, 0.5) is 14.5 Å². The Hall–Kier alpha value is -1.85. The molecule has 6 heteroatoms. The molecule has 0 amide bonds. The molecule has 0 aliphatic heterocycles. The van der Waals surface area contributed by atoms with Gasteiger partial charge in [-0.1, -0.05) is 0 Å². The second-order valence-corrected chi connectivity index (χ2v) is 2.30.